The van der Waals surface area contributed by atoms with Crippen LogP contribution in [0.4, 0.5) is 5.69 Å². The molecule has 1 aromatic heterocycles. The molecule has 7 heteroatoms. The number of rotatable bonds is 3. The van der Waals surface area contributed by atoms with Gasteiger partial charge in [-0.2, -0.15) is 0 Å². The molecule has 0 fully saturated rings. The van der Waals surface area contributed by atoms with Crippen LogP contribution in [0, 0.1) is 0 Å². The van der Waals surface area contributed by atoms with E-state index in [1.54, 1.807) is 18.2 Å². The van der Waals surface area contributed by atoms with Crippen LogP contribution in [0.1, 0.15) is 20.7 Å². The van der Waals surface area contributed by atoms with Crippen LogP contribution in [0.2, 0.25) is 10.2 Å². The number of aromatic nitrogens is 1. The first-order valence-corrected chi connectivity index (χ1v) is 6.25. The zero-order valence-electron chi connectivity index (χ0n) is 10.1. The molecule has 3 N–H and O–H groups in total. The van der Waals surface area contributed by atoms with Crippen molar-refractivity contribution in [1.82, 2.24) is 4.98 Å². The summed E-state index contributed by atoms with van der Waals surface area (Å²) in [7, 11) is 0. The van der Waals surface area contributed by atoms with Gasteiger partial charge in [-0.05, 0) is 24.3 Å². The normalized spacial score (nSPS) is 10.1. The Morgan fingerprint density at radius 2 is 1.90 bits per heavy atom. The van der Waals surface area contributed by atoms with Crippen LogP contribution in [0.15, 0.2) is 36.5 Å². The van der Waals surface area contributed by atoms with Gasteiger partial charge in [0.1, 0.15) is 5.15 Å². The van der Waals surface area contributed by atoms with Crippen molar-refractivity contribution in [3.05, 3.63) is 57.8 Å². The smallest absolute Gasteiger partial charge is 0.257 e. The molecule has 0 saturated carbocycles. The van der Waals surface area contributed by atoms with E-state index < -0.39 is 11.8 Å². The minimum atomic E-state index is -0.572. The van der Waals surface area contributed by atoms with Gasteiger partial charge in [-0.15, -0.1) is 0 Å². The van der Waals surface area contributed by atoms with Gasteiger partial charge in [0, 0.05) is 17.4 Å². The number of nitrogens with two attached hydrogens (primary N) is 1. The lowest BCUT2D eigenvalue weighted by molar-refractivity contribution is 0.0996. The number of nitrogens with one attached hydrogen (secondary N) is 1. The Hall–Kier alpha value is -2.11. The molecule has 0 aliphatic heterocycles. The number of carbonyl (C=O) groups excluding carboxylic acids is 2. The average Bonchev–Trinajstić information content (AvgIpc) is 2.42. The molecule has 0 saturated heterocycles. The van der Waals surface area contributed by atoms with E-state index in [1.165, 1.54) is 18.3 Å². The number of pyridine rings is 1. The molecule has 0 aliphatic rings. The van der Waals surface area contributed by atoms with Crippen molar-refractivity contribution in [3.8, 4) is 0 Å². The summed E-state index contributed by atoms with van der Waals surface area (Å²) >= 11 is 11.5. The highest BCUT2D eigenvalue weighted by atomic mass is 35.5. The zero-order chi connectivity index (χ0) is 14.7. The highest BCUT2D eigenvalue weighted by Crippen LogP contribution is 2.20. The Balaban J connectivity index is 2.21. The van der Waals surface area contributed by atoms with E-state index in [2.05, 4.69) is 10.3 Å². The Kier molecular flexibility index (Phi) is 4.22. The fourth-order valence-corrected chi connectivity index (χ4v) is 1.77. The van der Waals surface area contributed by atoms with E-state index >= 15 is 0 Å². The molecule has 1 heterocycles. The van der Waals surface area contributed by atoms with Crippen molar-refractivity contribution < 1.29 is 9.59 Å². The summed E-state index contributed by atoms with van der Waals surface area (Å²) < 4.78 is 0. The molecule has 2 amide bonds. The molecule has 0 bridgehead atoms. The molecule has 102 valence electrons. The highest BCUT2D eigenvalue weighted by Gasteiger charge is 2.10. The SMILES string of the molecule is NC(=O)c1cccc(NC(=O)c2cnc(Cl)c(Cl)c2)c1. The quantitative estimate of drug-likeness (QED) is 0.855. The van der Waals surface area contributed by atoms with Crippen molar-refractivity contribution in [2.24, 2.45) is 5.73 Å². The summed E-state index contributed by atoms with van der Waals surface area (Å²) in [4.78, 5) is 26.8. The van der Waals surface area contributed by atoms with Gasteiger partial charge in [-0.25, -0.2) is 4.98 Å². The summed E-state index contributed by atoms with van der Waals surface area (Å²) in [6.45, 7) is 0. The number of hydrogen-bond donors (Lipinski definition) is 2. The topological polar surface area (TPSA) is 85.1 Å². The number of benzene rings is 1. The molecule has 2 aromatic rings. The summed E-state index contributed by atoms with van der Waals surface area (Å²) in [6, 6.07) is 7.69. The van der Waals surface area contributed by atoms with Gasteiger partial charge in [-0.1, -0.05) is 29.3 Å². The van der Waals surface area contributed by atoms with Crippen molar-refractivity contribution in [2.45, 2.75) is 0 Å². The molecule has 0 unspecified atom stereocenters. The molecule has 1 aromatic carbocycles. The Labute approximate surface area is 124 Å². The standard InChI is InChI=1S/C13H9Cl2N3O2/c14-10-5-8(6-17-11(10)15)13(20)18-9-3-1-2-7(4-9)12(16)19/h1-6H,(H2,16,19)(H,18,20). The molecular weight excluding hydrogens is 301 g/mol. The van der Waals surface area contributed by atoms with Crippen LogP contribution < -0.4 is 11.1 Å². The van der Waals surface area contributed by atoms with Gasteiger partial charge in [0.2, 0.25) is 5.91 Å². The number of hydrogen-bond acceptors (Lipinski definition) is 3. The molecule has 2 rings (SSSR count). The Morgan fingerprint density at radius 3 is 2.55 bits per heavy atom. The monoisotopic (exact) mass is 309 g/mol. The van der Waals surface area contributed by atoms with Crippen molar-refractivity contribution >= 4 is 40.7 Å². The summed E-state index contributed by atoms with van der Waals surface area (Å²) in [5.74, 6) is -0.991. The first-order valence-electron chi connectivity index (χ1n) is 5.49. The highest BCUT2D eigenvalue weighted by molar-refractivity contribution is 6.41. The number of amides is 2. The summed E-state index contributed by atoms with van der Waals surface area (Å²) in [5.41, 5.74) is 6.16. The molecule has 20 heavy (non-hydrogen) atoms. The zero-order valence-corrected chi connectivity index (χ0v) is 11.6. The van der Waals surface area contributed by atoms with Crippen LogP contribution in [-0.4, -0.2) is 16.8 Å². The summed E-state index contributed by atoms with van der Waals surface area (Å²) in [6.07, 6.45) is 1.31. The lowest BCUT2D eigenvalue weighted by Crippen LogP contribution is -2.14. The van der Waals surface area contributed by atoms with Gasteiger partial charge in [0.25, 0.3) is 5.91 Å². The minimum absolute atomic E-state index is 0.124. The van der Waals surface area contributed by atoms with Gasteiger partial charge >= 0.3 is 0 Å². The molecule has 0 aliphatic carbocycles. The Bertz CT molecular complexity index is 689. The van der Waals surface area contributed by atoms with E-state index in [4.69, 9.17) is 28.9 Å². The number of anilines is 1. The van der Waals surface area contributed by atoms with Crippen molar-refractivity contribution in [3.63, 3.8) is 0 Å². The molecule has 0 radical (unpaired) electrons. The van der Waals surface area contributed by atoms with Crippen molar-refractivity contribution in [2.75, 3.05) is 5.32 Å². The predicted octanol–water partition coefficient (Wildman–Crippen LogP) is 2.74. The third-order valence-corrected chi connectivity index (χ3v) is 3.15. The second kappa shape index (κ2) is 5.90. The molecular formula is C13H9Cl2N3O2. The summed E-state index contributed by atoms with van der Waals surface area (Å²) in [5, 5.41) is 2.92. The number of carbonyl (C=O) groups is 2. The lowest BCUT2D eigenvalue weighted by atomic mass is 10.2. The van der Waals surface area contributed by atoms with Gasteiger partial charge < -0.3 is 11.1 Å². The maximum Gasteiger partial charge on any atom is 0.257 e. The maximum atomic E-state index is 12.0. The van der Waals surface area contributed by atoms with Gasteiger partial charge in [-0.3, -0.25) is 9.59 Å². The minimum Gasteiger partial charge on any atom is -0.366 e. The number of nitrogens with zero attached hydrogens (tertiary/aromatic N) is 1. The first-order chi connectivity index (χ1) is 9.47. The van der Waals surface area contributed by atoms with Crippen LogP contribution in [0.25, 0.3) is 0 Å². The molecule has 5 nitrogen and oxygen atoms in total. The number of primary amides is 1. The Morgan fingerprint density at radius 1 is 1.15 bits per heavy atom. The van der Waals surface area contributed by atoms with Crippen LogP contribution in [0.3, 0.4) is 0 Å². The maximum absolute atomic E-state index is 12.0. The third-order valence-electron chi connectivity index (χ3n) is 2.46. The lowest BCUT2D eigenvalue weighted by Gasteiger charge is -2.06. The van der Waals surface area contributed by atoms with E-state index in [1.807, 2.05) is 0 Å². The fraction of sp³-hybridized carbons (Fsp3) is 0. The van der Waals surface area contributed by atoms with Crippen LogP contribution in [0.5, 0.6) is 0 Å². The van der Waals surface area contributed by atoms with Gasteiger partial charge in [0.15, 0.2) is 0 Å². The second-order valence-electron chi connectivity index (χ2n) is 3.90. The first kappa shape index (κ1) is 14.3. The second-order valence-corrected chi connectivity index (χ2v) is 4.66. The van der Waals surface area contributed by atoms with E-state index in [9.17, 15) is 9.59 Å². The largest absolute Gasteiger partial charge is 0.366 e. The number of halogens is 2. The average molecular weight is 310 g/mol. The predicted molar refractivity (Wildman–Crippen MR) is 77.2 cm³/mol. The third kappa shape index (κ3) is 3.26. The van der Waals surface area contributed by atoms with Gasteiger partial charge in [0.05, 0.1) is 10.6 Å². The van der Waals surface area contributed by atoms with Crippen molar-refractivity contribution in [1.29, 1.82) is 0 Å². The van der Waals surface area contributed by atoms with E-state index in [-0.39, 0.29) is 15.7 Å². The fourth-order valence-electron chi connectivity index (χ4n) is 1.50. The van der Waals surface area contributed by atoms with E-state index in [0.29, 0.717) is 11.3 Å². The molecule has 0 atom stereocenters. The van der Waals surface area contributed by atoms with E-state index in [0.717, 1.165) is 0 Å². The van der Waals surface area contributed by atoms with Crippen LogP contribution >= 0.6 is 23.2 Å². The van der Waals surface area contributed by atoms with Crippen LogP contribution in [-0.2, 0) is 0 Å². The molecule has 0 spiro atoms.